The number of fused-ring (bicyclic) bond motifs is 1. The van der Waals surface area contributed by atoms with Crippen molar-refractivity contribution in [3.8, 4) is 11.5 Å². The van der Waals surface area contributed by atoms with Crippen molar-refractivity contribution < 1.29 is 33.7 Å². The molecule has 0 saturated carbocycles. The van der Waals surface area contributed by atoms with Gasteiger partial charge in [-0.15, -0.1) is 0 Å². The van der Waals surface area contributed by atoms with Crippen LogP contribution in [0.3, 0.4) is 0 Å². The molecule has 3 N–H and O–H groups in total. The molecule has 0 unspecified atom stereocenters. The molecule has 2 amide bonds. The molecule has 2 aliphatic heterocycles. The minimum atomic E-state index is -0.663. The van der Waals surface area contributed by atoms with E-state index in [1.165, 1.54) is 12.0 Å². The van der Waals surface area contributed by atoms with Gasteiger partial charge >= 0.3 is 5.97 Å². The number of β-amino-alcohol motifs (C(OH)–C–C–N with tert-alkyl or cyclic N) is 1. The predicted molar refractivity (Wildman–Crippen MR) is 113 cm³/mol. The van der Waals surface area contributed by atoms with Crippen molar-refractivity contribution in [2.75, 3.05) is 44.2 Å². The molecule has 0 spiro atoms. The third kappa shape index (κ3) is 4.08. The van der Waals surface area contributed by atoms with E-state index >= 15 is 0 Å². The Balaban J connectivity index is 1.59. The summed E-state index contributed by atoms with van der Waals surface area (Å²) < 4.78 is 15.4. The van der Waals surface area contributed by atoms with Crippen LogP contribution < -0.4 is 20.1 Å². The summed E-state index contributed by atoms with van der Waals surface area (Å²) in [5.74, 6) is -0.430. The predicted octanol–water partition coefficient (Wildman–Crippen LogP) is 1.34. The van der Waals surface area contributed by atoms with Crippen molar-refractivity contribution >= 4 is 29.2 Å². The van der Waals surface area contributed by atoms with Crippen LogP contribution in [0, 0.1) is 0 Å². The number of esters is 1. The van der Waals surface area contributed by atoms with Crippen LogP contribution in [0.2, 0.25) is 0 Å². The van der Waals surface area contributed by atoms with E-state index in [9.17, 15) is 19.5 Å². The zero-order valence-electron chi connectivity index (χ0n) is 17.2. The van der Waals surface area contributed by atoms with E-state index in [2.05, 4.69) is 10.6 Å². The van der Waals surface area contributed by atoms with Gasteiger partial charge in [-0.25, -0.2) is 4.79 Å². The lowest BCUT2D eigenvalue weighted by atomic mass is 10.1. The molecule has 32 heavy (non-hydrogen) atoms. The average molecular weight is 439 g/mol. The van der Waals surface area contributed by atoms with Crippen molar-refractivity contribution in [2.45, 2.75) is 0 Å². The molecule has 0 aromatic heterocycles. The van der Waals surface area contributed by atoms with Crippen LogP contribution in [0.25, 0.3) is 0 Å². The Kier molecular flexibility index (Phi) is 5.95. The summed E-state index contributed by atoms with van der Waals surface area (Å²) in [4.78, 5) is 39.3. The summed E-state index contributed by atoms with van der Waals surface area (Å²) in [6.45, 7) is -0.0584. The highest BCUT2D eigenvalue weighted by atomic mass is 16.7. The number of carbonyl (C=O) groups is 3. The Morgan fingerprint density at radius 2 is 1.94 bits per heavy atom. The Morgan fingerprint density at radius 1 is 1.16 bits per heavy atom. The fourth-order valence-corrected chi connectivity index (χ4v) is 3.45. The summed E-state index contributed by atoms with van der Waals surface area (Å²) in [6, 6.07) is 11.6. The number of rotatable bonds is 7. The van der Waals surface area contributed by atoms with Crippen molar-refractivity contribution in [1.29, 1.82) is 0 Å². The third-order valence-electron chi connectivity index (χ3n) is 5.02. The van der Waals surface area contributed by atoms with Crippen molar-refractivity contribution in [2.24, 2.45) is 0 Å². The SMILES string of the molecule is COC(=O)C1=C(Nc2ccccc2C(=O)Nc2ccc3c(c2)OCO3)C(=O)N(CCO)C1. The molecular formula is C22H21N3O7. The van der Waals surface area contributed by atoms with E-state index in [0.717, 1.165) is 0 Å². The number of aliphatic hydroxyl groups is 1. The van der Waals surface area contributed by atoms with Gasteiger partial charge in [-0.2, -0.15) is 0 Å². The second-order valence-electron chi connectivity index (χ2n) is 6.99. The monoisotopic (exact) mass is 439 g/mol. The summed E-state index contributed by atoms with van der Waals surface area (Å²) in [7, 11) is 1.22. The van der Waals surface area contributed by atoms with Gasteiger partial charge in [0.15, 0.2) is 11.5 Å². The number of para-hydroxylation sites is 1. The highest BCUT2D eigenvalue weighted by Crippen LogP contribution is 2.34. The zero-order chi connectivity index (χ0) is 22.7. The molecule has 0 saturated heterocycles. The van der Waals surface area contributed by atoms with Crippen LogP contribution in [0.5, 0.6) is 11.5 Å². The number of amides is 2. The molecule has 0 aliphatic carbocycles. The van der Waals surface area contributed by atoms with Crippen molar-refractivity contribution in [1.82, 2.24) is 4.90 Å². The number of carbonyl (C=O) groups excluding carboxylic acids is 3. The van der Waals surface area contributed by atoms with E-state index in [1.807, 2.05) is 0 Å². The van der Waals surface area contributed by atoms with Gasteiger partial charge in [0.1, 0.15) is 5.70 Å². The second kappa shape index (κ2) is 8.98. The van der Waals surface area contributed by atoms with Gasteiger partial charge in [-0.05, 0) is 24.3 Å². The van der Waals surface area contributed by atoms with Gasteiger partial charge in [0.05, 0.1) is 37.1 Å². The number of ether oxygens (including phenoxy) is 3. The van der Waals surface area contributed by atoms with Gasteiger partial charge in [0, 0.05) is 18.3 Å². The highest BCUT2D eigenvalue weighted by Gasteiger charge is 2.35. The second-order valence-corrected chi connectivity index (χ2v) is 6.99. The minimum Gasteiger partial charge on any atom is -0.466 e. The molecule has 0 fully saturated rings. The zero-order valence-corrected chi connectivity index (χ0v) is 17.2. The van der Waals surface area contributed by atoms with Crippen LogP contribution in [0.15, 0.2) is 53.7 Å². The lowest BCUT2D eigenvalue weighted by Gasteiger charge is -2.16. The smallest absolute Gasteiger partial charge is 0.337 e. The van der Waals surface area contributed by atoms with Crippen LogP contribution in [0.1, 0.15) is 10.4 Å². The van der Waals surface area contributed by atoms with Crippen LogP contribution >= 0.6 is 0 Å². The maximum atomic E-state index is 13.0. The van der Waals surface area contributed by atoms with Gasteiger partial charge < -0.3 is 34.9 Å². The molecule has 2 aromatic rings. The van der Waals surface area contributed by atoms with Gasteiger partial charge in [-0.3, -0.25) is 9.59 Å². The standard InChI is InChI=1S/C22H21N3O7/c1-30-22(29)15-11-25(8-9-26)21(28)19(15)24-16-5-3-2-4-14(16)20(27)23-13-6-7-17-18(10-13)32-12-31-17/h2-7,10,24,26H,8-9,11-12H2,1H3,(H,23,27). The molecule has 2 heterocycles. The maximum Gasteiger partial charge on any atom is 0.337 e. The van der Waals surface area contributed by atoms with Gasteiger partial charge in [0.25, 0.3) is 11.8 Å². The number of hydrogen-bond acceptors (Lipinski definition) is 8. The molecule has 10 nitrogen and oxygen atoms in total. The molecule has 10 heteroatoms. The minimum absolute atomic E-state index is 0.0000398. The Morgan fingerprint density at radius 3 is 2.72 bits per heavy atom. The lowest BCUT2D eigenvalue weighted by Crippen LogP contribution is -2.31. The fraction of sp³-hybridized carbons (Fsp3) is 0.227. The maximum absolute atomic E-state index is 13.0. The molecule has 0 bridgehead atoms. The Labute approximate surface area is 183 Å². The molecule has 2 aromatic carbocycles. The molecule has 2 aliphatic rings. The summed E-state index contributed by atoms with van der Waals surface area (Å²) >= 11 is 0. The number of hydrogen-bond donors (Lipinski definition) is 3. The summed E-state index contributed by atoms with van der Waals surface area (Å²) in [6.07, 6.45) is 0. The molecular weight excluding hydrogens is 418 g/mol. The van der Waals surface area contributed by atoms with Crippen molar-refractivity contribution in [3.05, 3.63) is 59.3 Å². The topological polar surface area (TPSA) is 126 Å². The third-order valence-corrected chi connectivity index (χ3v) is 5.02. The molecule has 0 atom stereocenters. The normalized spacial score (nSPS) is 14.6. The first-order chi connectivity index (χ1) is 15.5. The quantitative estimate of drug-likeness (QED) is 0.552. The number of methoxy groups -OCH3 is 1. The van der Waals surface area contributed by atoms with E-state index in [1.54, 1.807) is 42.5 Å². The first kappa shape index (κ1) is 21.2. The number of benzene rings is 2. The first-order valence-corrected chi connectivity index (χ1v) is 9.80. The van der Waals surface area contributed by atoms with Crippen LogP contribution in [-0.2, 0) is 14.3 Å². The molecule has 4 rings (SSSR count). The fourth-order valence-electron chi connectivity index (χ4n) is 3.45. The van der Waals surface area contributed by atoms with E-state index in [-0.39, 0.29) is 43.3 Å². The van der Waals surface area contributed by atoms with Crippen LogP contribution in [-0.4, -0.2) is 61.4 Å². The number of anilines is 2. The number of aliphatic hydroxyl groups excluding tert-OH is 1. The van der Waals surface area contributed by atoms with Gasteiger partial charge in [0.2, 0.25) is 6.79 Å². The molecule has 166 valence electrons. The highest BCUT2D eigenvalue weighted by molar-refractivity contribution is 6.12. The molecule has 0 radical (unpaired) electrons. The lowest BCUT2D eigenvalue weighted by molar-refractivity contribution is -0.136. The Bertz CT molecular complexity index is 1110. The van der Waals surface area contributed by atoms with Crippen LogP contribution in [0.4, 0.5) is 11.4 Å². The van der Waals surface area contributed by atoms with Crippen molar-refractivity contribution in [3.63, 3.8) is 0 Å². The number of nitrogens with zero attached hydrogens (tertiary/aromatic N) is 1. The van der Waals surface area contributed by atoms with E-state index < -0.39 is 17.8 Å². The summed E-state index contributed by atoms with van der Waals surface area (Å²) in [5.41, 5.74) is 1.23. The average Bonchev–Trinajstić information content (AvgIpc) is 3.39. The number of nitrogens with one attached hydrogen (secondary N) is 2. The largest absolute Gasteiger partial charge is 0.466 e. The van der Waals surface area contributed by atoms with E-state index in [0.29, 0.717) is 22.9 Å². The Hall–Kier alpha value is -4.05. The summed E-state index contributed by atoms with van der Waals surface area (Å²) in [5, 5.41) is 14.9. The van der Waals surface area contributed by atoms with E-state index in [4.69, 9.17) is 14.2 Å². The first-order valence-electron chi connectivity index (χ1n) is 9.80. The van der Waals surface area contributed by atoms with Gasteiger partial charge in [-0.1, -0.05) is 12.1 Å².